The molecule has 1 N–H and O–H groups in total. The predicted octanol–water partition coefficient (Wildman–Crippen LogP) is 5.89. The second-order valence-corrected chi connectivity index (χ2v) is 11.4. The number of para-hydroxylation sites is 1. The van der Waals surface area contributed by atoms with Gasteiger partial charge in [0.05, 0.1) is 24.8 Å². The Hall–Kier alpha value is -2.72. The molecule has 0 aliphatic carbocycles. The lowest BCUT2D eigenvalue weighted by molar-refractivity contribution is 0.108. The fourth-order valence-electron chi connectivity index (χ4n) is 5.24. The first-order valence-electron chi connectivity index (χ1n) is 13.2. The number of amidine groups is 1. The third kappa shape index (κ3) is 6.06. The fourth-order valence-corrected chi connectivity index (χ4v) is 5.77. The summed E-state index contributed by atoms with van der Waals surface area (Å²) in [5.41, 5.74) is 2.83. The van der Waals surface area contributed by atoms with E-state index in [1.165, 1.54) is 0 Å². The van der Waals surface area contributed by atoms with Crippen LogP contribution in [-0.4, -0.2) is 77.6 Å². The van der Waals surface area contributed by atoms with E-state index >= 15 is 0 Å². The largest absolute Gasteiger partial charge is 0.493 e. The quantitative estimate of drug-likeness (QED) is 0.345. The molecule has 2 amide bonds. The number of nitrogens with zero attached hydrogens (tertiary/aromatic N) is 4. The average molecular weight is 656 g/mol. The van der Waals surface area contributed by atoms with Gasteiger partial charge in [0.25, 0.3) is 0 Å². The highest BCUT2D eigenvalue weighted by molar-refractivity contribution is 9.10. The van der Waals surface area contributed by atoms with Gasteiger partial charge in [0, 0.05) is 41.7 Å². The van der Waals surface area contributed by atoms with Crippen LogP contribution in [0.4, 0.5) is 4.79 Å². The number of urea groups is 1. The molecule has 3 aromatic carbocycles. The van der Waals surface area contributed by atoms with Crippen LogP contribution < -0.4 is 4.74 Å². The summed E-state index contributed by atoms with van der Waals surface area (Å²) in [6.07, 6.45) is 0. The Bertz CT molecular complexity index is 1310. The second kappa shape index (κ2) is 12.6. The highest BCUT2D eigenvalue weighted by Crippen LogP contribution is 2.45. The van der Waals surface area contributed by atoms with Crippen LogP contribution in [0.3, 0.4) is 0 Å². The van der Waals surface area contributed by atoms with Crippen molar-refractivity contribution in [1.82, 2.24) is 14.7 Å². The van der Waals surface area contributed by atoms with E-state index in [0.717, 1.165) is 38.7 Å². The number of carbonyl (C=O) groups excluding carboxylic acids is 1. The molecule has 0 radical (unpaired) electrons. The summed E-state index contributed by atoms with van der Waals surface area (Å²) in [7, 11) is 0. The third-order valence-electron chi connectivity index (χ3n) is 7.18. The Morgan fingerprint density at radius 2 is 1.54 bits per heavy atom. The lowest BCUT2D eigenvalue weighted by Crippen LogP contribution is -2.54. The number of hydrogen-bond acceptors (Lipinski definition) is 5. The Kier molecular flexibility index (Phi) is 9.02. The van der Waals surface area contributed by atoms with Crippen molar-refractivity contribution in [2.45, 2.75) is 19.0 Å². The number of piperazine rings is 1. The second-order valence-electron chi connectivity index (χ2n) is 9.58. The first-order valence-corrected chi connectivity index (χ1v) is 14.8. The van der Waals surface area contributed by atoms with E-state index in [0.29, 0.717) is 37.8 Å². The number of β-amino-alcohol motifs (C(OH)–C–C–N with tert-alkyl or cyclic N) is 1. The van der Waals surface area contributed by atoms with Crippen LogP contribution in [-0.2, 0) is 0 Å². The Labute approximate surface area is 246 Å². The maximum Gasteiger partial charge on any atom is 0.326 e. The van der Waals surface area contributed by atoms with Gasteiger partial charge in [-0.3, -0.25) is 14.8 Å². The zero-order valence-corrected chi connectivity index (χ0v) is 25.0. The van der Waals surface area contributed by atoms with Gasteiger partial charge in [0.2, 0.25) is 0 Å². The van der Waals surface area contributed by atoms with Crippen LogP contribution in [0.5, 0.6) is 5.75 Å². The molecule has 0 saturated carbocycles. The molecule has 0 bridgehead atoms. The standard InChI is InChI=1S/C30H32Br2N4O3/c1-2-39-26-6-4-3-5-25(26)29-33-27(21-7-11-23(31)12-8-21)28(22-9-13-24(32)14-10-22)36(29)30(38)35-17-15-34(16-18-35)19-20-37/h3-14,27-28,37H,2,15-20H2,1H3. The van der Waals surface area contributed by atoms with Crippen molar-refractivity contribution in [3.05, 3.63) is 98.4 Å². The van der Waals surface area contributed by atoms with E-state index in [-0.39, 0.29) is 24.7 Å². The van der Waals surface area contributed by atoms with Crippen molar-refractivity contribution >= 4 is 43.7 Å². The van der Waals surface area contributed by atoms with E-state index in [4.69, 9.17) is 9.73 Å². The van der Waals surface area contributed by atoms with Crippen molar-refractivity contribution in [3.8, 4) is 5.75 Å². The molecule has 7 nitrogen and oxygen atoms in total. The first kappa shape index (κ1) is 27.8. The van der Waals surface area contributed by atoms with Crippen LogP contribution in [0.15, 0.2) is 86.7 Å². The lowest BCUT2D eigenvalue weighted by atomic mass is 9.94. The molecule has 2 aliphatic heterocycles. The summed E-state index contributed by atoms with van der Waals surface area (Å²) in [6.45, 7) is 5.83. The van der Waals surface area contributed by atoms with E-state index in [1.54, 1.807) is 0 Å². The zero-order valence-electron chi connectivity index (χ0n) is 21.8. The fraction of sp³-hybridized carbons (Fsp3) is 0.333. The molecule has 9 heteroatoms. The molecule has 204 valence electrons. The van der Waals surface area contributed by atoms with Crippen LogP contribution in [0.25, 0.3) is 0 Å². The monoisotopic (exact) mass is 654 g/mol. The molecule has 3 aromatic rings. The molecule has 2 unspecified atom stereocenters. The minimum Gasteiger partial charge on any atom is -0.493 e. The SMILES string of the molecule is CCOc1ccccc1C1=NC(c2ccc(Br)cc2)C(c2ccc(Br)cc2)N1C(=O)N1CCN(CCO)CC1. The van der Waals surface area contributed by atoms with Crippen LogP contribution >= 0.6 is 31.9 Å². The number of rotatable bonds is 7. The number of benzene rings is 3. The van der Waals surface area contributed by atoms with Gasteiger partial charge >= 0.3 is 6.03 Å². The molecule has 0 aromatic heterocycles. The smallest absolute Gasteiger partial charge is 0.326 e. The highest BCUT2D eigenvalue weighted by Gasteiger charge is 2.44. The molecule has 5 rings (SSSR count). The van der Waals surface area contributed by atoms with Crippen molar-refractivity contribution in [2.24, 2.45) is 4.99 Å². The summed E-state index contributed by atoms with van der Waals surface area (Å²) >= 11 is 7.11. The normalized spacial score (nSPS) is 19.7. The van der Waals surface area contributed by atoms with Gasteiger partial charge in [-0.2, -0.15) is 0 Å². The predicted molar refractivity (Wildman–Crippen MR) is 160 cm³/mol. The topological polar surface area (TPSA) is 68.6 Å². The minimum atomic E-state index is -0.341. The number of ether oxygens (including phenoxy) is 1. The molecule has 1 saturated heterocycles. The highest BCUT2D eigenvalue weighted by atomic mass is 79.9. The third-order valence-corrected chi connectivity index (χ3v) is 8.24. The number of carbonyl (C=O) groups is 1. The molecule has 0 spiro atoms. The number of aliphatic hydroxyl groups excluding tert-OH is 1. The number of aliphatic hydroxyl groups is 1. The summed E-state index contributed by atoms with van der Waals surface area (Å²) in [5, 5.41) is 9.37. The zero-order chi connectivity index (χ0) is 27.4. The lowest BCUT2D eigenvalue weighted by Gasteiger charge is -2.39. The van der Waals surface area contributed by atoms with Crippen molar-refractivity contribution in [3.63, 3.8) is 0 Å². The maximum atomic E-state index is 14.4. The molecule has 1 fully saturated rings. The molecule has 2 aliphatic rings. The van der Waals surface area contributed by atoms with E-state index in [1.807, 2.05) is 65.3 Å². The van der Waals surface area contributed by atoms with Gasteiger partial charge in [-0.05, 0) is 54.4 Å². The molecule has 39 heavy (non-hydrogen) atoms. The van der Waals surface area contributed by atoms with Gasteiger partial charge in [-0.15, -0.1) is 0 Å². The summed E-state index contributed by atoms with van der Waals surface area (Å²) in [4.78, 5) is 25.7. The van der Waals surface area contributed by atoms with Gasteiger partial charge < -0.3 is 14.7 Å². The van der Waals surface area contributed by atoms with Crippen LogP contribution in [0.1, 0.15) is 35.7 Å². The summed E-state index contributed by atoms with van der Waals surface area (Å²) in [6, 6.07) is 23.4. The van der Waals surface area contributed by atoms with Gasteiger partial charge in [0.15, 0.2) is 0 Å². The molecular weight excluding hydrogens is 624 g/mol. The first-order chi connectivity index (χ1) is 19.0. The van der Waals surface area contributed by atoms with Gasteiger partial charge in [-0.25, -0.2) is 4.79 Å². The average Bonchev–Trinajstić information content (AvgIpc) is 3.35. The molecule has 2 heterocycles. The number of aliphatic imine (C=N–C) groups is 1. The molecular formula is C30H32Br2N4O3. The minimum absolute atomic E-state index is 0.0729. The van der Waals surface area contributed by atoms with Crippen LogP contribution in [0, 0.1) is 0 Å². The van der Waals surface area contributed by atoms with Gasteiger partial charge in [0.1, 0.15) is 17.6 Å². The van der Waals surface area contributed by atoms with E-state index in [9.17, 15) is 9.90 Å². The van der Waals surface area contributed by atoms with E-state index < -0.39 is 0 Å². The Morgan fingerprint density at radius 1 is 0.923 bits per heavy atom. The Morgan fingerprint density at radius 3 is 2.15 bits per heavy atom. The number of halogens is 2. The van der Waals surface area contributed by atoms with Crippen LogP contribution in [0.2, 0.25) is 0 Å². The van der Waals surface area contributed by atoms with E-state index in [2.05, 4.69) is 61.0 Å². The van der Waals surface area contributed by atoms with Crippen molar-refractivity contribution < 1.29 is 14.6 Å². The Balaban J connectivity index is 1.62. The van der Waals surface area contributed by atoms with Gasteiger partial charge in [-0.1, -0.05) is 68.3 Å². The maximum absolute atomic E-state index is 14.4. The summed E-state index contributed by atoms with van der Waals surface area (Å²) < 4.78 is 7.97. The summed E-state index contributed by atoms with van der Waals surface area (Å²) in [5.74, 6) is 1.32. The number of hydrogen-bond donors (Lipinski definition) is 1. The van der Waals surface area contributed by atoms with Crippen molar-refractivity contribution in [2.75, 3.05) is 45.9 Å². The van der Waals surface area contributed by atoms with Crippen molar-refractivity contribution in [1.29, 1.82) is 0 Å². The number of amides is 2. The molecule has 2 atom stereocenters.